The molecule has 0 bridgehead atoms. The van der Waals surface area contributed by atoms with E-state index in [-0.39, 0.29) is 6.04 Å². The molecule has 2 aromatic rings. The van der Waals surface area contributed by atoms with Crippen molar-refractivity contribution in [3.63, 3.8) is 0 Å². The van der Waals surface area contributed by atoms with Crippen molar-refractivity contribution in [1.82, 2.24) is 9.78 Å². The Kier molecular flexibility index (Phi) is 3.85. The van der Waals surface area contributed by atoms with Crippen LogP contribution < -0.4 is 5.32 Å². The summed E-state index contributed by atoms with van der Waals surface area (Å²) in [6.07, 6.45) is 0. The number of nitrogens with one attached hydrogen (secondary N) is 1. The van der Waals surface area contributed by atoms with E-state index in [9.17, 15) is 0 Å². The minimum Gasteiger partial charge on any atom is -0.377 e. The lowest BCUT2D eigenvalue weighted by Crippen LogP contribution is -2.08. The SMILES string of the molecule is Cc1cc(NC(C)c2cc(C)n(C)n2)cc(C)c1Cl. The molecule has 19 heavy (non-hydrogen) atoms. The molecule has 0 saturated carbocycles. The molecule has 0 spiro atoms. The molecule has 1 unspecified atom stereocenters. The average Bonchev–Trinajstić information content (AvgIpc) is 2.66. The lowest BCUT2D eigenvalue weighted by atomic mass is 10.1. The summed E-state index contributed by atoms with van der Waals surface area (Å²) in [6, 6.07) is 6.41. The smallest absolute Gasteiger partial charge is 0.0846 e. The van der Waals surface area contributed by atoms with Gasteiger partial charge < -0.3 is 5.32 Å². The van der Waals surface area contributed by atoms with E-state index in [0.29, 0.717) is 0 Å². The van der Waals surface area contributed by atoms with Crippen LogP contribution in [0.4, 0.5) is 5.69 Å². The Balaban J connectivity index is 2.21. The van der Waals surface area contributed by atoms with Crippen LogP contribution in [0.3, 0.4) is 0 Å². The molecule has 0 aliphatic carbocycles. The van der Waals surface area contributed by atoms with E-state index >= 15 is 0 Å². The first kappa shape index (κ1) is 13.9. The zero-order valence-corrected chi connectivity index (χ0v) is 12.8. The number of hydrogen-bond donors (Lipinski definition) is 1. The molecule has 0 radical (unpaired) electrons. The Morgan fingerprint density at radius 2 is 1.74 bits per heavy atom. The van der Waals surface area contributed by atoms with Gasteiger partial charge in [0.1, 0.15) is 0 Å². The Labute approximate surface area is 119 Å². The quantitative estimate of drug-likeness (QED) is 0.912. The van der Waals surface area contributed by atoms with E-state index in [4.69, 9.17) is 11.6 Å². The van der Waals surface area contributed by atoms with Crippen LogP contribution in [0.25, 0.3) is 0 Å². The van der Waals surface area contributed by atoms with Gasteiger partial charge in [0.25, 0.3) is 0 Å². The fourth-order valence-electron chi connectivity index (χ4n) is 2.15. The molecule has 0 fully saturated rings. The number of halogens is 1. The second kappa shape index (κ2) is 5.25. The molecular formula is C15H20ClN3. The normalized spacial score (nSPS) is 12.5. The largest absolute Gasteiger partial charge is 0.377 e. The van der Waals surface area contributed by atoms with Crippen molar-refractivity contribution in [2.24, 2.45) is 7.05 Å². The van der Waals surface area contributed by atoms with Crippen LogP contribution in [0.1, 0.15) is 35.5 Å². The summed E-state index contributed by atoms with van der Waals surface area (Å²) in [4.78, 5) is 0. The summed E-state index contributed by atoms with van der Waals surface area (Å²) in [5.41, 5.74) is 5.47. The molecule has 2 rings (SSSR count). The predicted molar refractivity (Wildman–Crippen MR) is 80.9 cm³/mol. The van der Waals surface area contributed by atoms with Crippen LogP contribution in [-0.4, -0.2) is 9.78 Å². The van der Waals surface area contributed by atoms with Gasteiger partial charge in [-0.1, -0.05) is 11.6 Å². The van der Waals surface area contributed by atoms with Crippen LogP contribution in [0.2, 0.25) is 5.02 Å². The highest BCUT2D eigenvalue weighted by Gasteiger charge is 2.11. The minimum atomic E-state index is 0.167. The van der Waals surface area contributed by atoms with Gasteiger partial charge >= 0.3 is 0 Å². The number of anilines is 1. The van der Waals surface area contributed by atoms with Crippen LogP contribution in [0.15, 0.2) is 18.2 Å². The van der Waals surface area contributed by atoms with Gasteiger partial charge in [0, 0.05) is 23.5 Å². The van der Waals surface area contributed by atoms with E-state index in [1.165, 1.54) is 0 Å². The third-order valence-corrected chi connectivity index (χ3v) is 3.99. The van der Waals surface area contributed by atoms with Gasteiger partial charge in [0.2, 0.25) is 0 Å². The number of nitrogens with zero attached hydrogens (tertiary/aromatic N) is 2. The van der Waals surface area contributed by atoms with Crippen molar-refractivity contribution in [2.45, 2.75) is 33.7 Å². The molecule has 3 nitrogen and oxygen atoms in total. The Morgan fingerprint density at radius 1 is 1.16 bits per heavy atom. The Bertz CT molecular complexity index is 559. The topological polar surface area (TPSA) is 29.9 Å². The van der Waals surface area contributed by atoms with Gasteiger partial charge in [-0.2, -0.15) is 5.10 Å². The molecule has 1 N–H and O–H groups in total. The lowest BCUT2D eigenvalue weighted by molar-refractivity contribution is 0.702. The first-order valence-electron chi connectivity index (χ1n) is 6.42. The third-order valence-electron chi connectivity index (χ3n) is 3.40. The summed E-state index contributed by atoms with van der Waals surface area (Å²) in [5, 5.41) is 8.81. The van der Waals surface area contributed by atoms with Crippen molar-refractivity contribution in [1.29, 1.82) is 0 Å². The highest BCUT2D eigenvalue weighted by molar-refractivity contribution is 6.32. The van der Waals surface area contributed by atoms with Crippen LogP contribution >= 0.6 is 11.6 Å². The number of aryl methyl sites for hydroxylation is 4. The summed E-state index contributed by atoms with van der Waals surface area (Å²) >= 11 is 6.18. The predicted octanol–water partition coefficient (Wildman–Crippen LogP) is 4.17. The number of benzene rings is 1. The van der Waals surface area contributed by atoms with Crippen molar-refractivity contribution in [3.05, 3.63) is 45.7 Å². The fourth-order valence-corrected chi connectivity index (χ4v) is 2.26. The molecule has 1 aromatic carbocycles. The molecular weight excluding hydrogens is 258 g/mol. The van der Waals surface area contributed by atoms with Gasteiger partial charge in [-0.25, -0.2) is 0 Å². The molecule has 0 amide bonds. The minimum absolute atomic E-state index is 0.167. The highest BCUT2D eigenvalue weighted by Crippen LogP contribution is 2.26. The standard InChI is InChI=1S/C15H20ClN3/c1-9-6-13(7-10(2)15(9)16)17-12(4)14-8-11(3)19(5)18-14/h6-8,12,17H,1-5H3. The van der Waals surface area contributed by atoms with Gasteiger partial charge in [0.15, 0.2) is 0 Å². The molecule has 0 aliphatic rings. The highest BCUT2D eigenvalue weighted by atomic mass is 35.5. The van der Waals surface area contributed by atoms with Gasteiger partial charge in [0.05, 0.1) is 11.7 Å². The fraction of sp³-hybridized carbons (Fsp3) is 0.400. The van der Waals surface area contributed by atoms with E-state index < -0.39 is 0 Å². The molecule has 102 valence electrons. The second-order valence-electron chi connectivity index (χ2n) is 5.12. The van der Waals surface area contributed by atoms with Crippen molar-refractivity contribution in [3.8, 4) is 0 Å². The zero-order chi connectivity index (χ0) is 14.2. The van der Waals surface area contributed by atoms with E-state index in [2.05, 4.69) is 42.5 Å². The Hall–Kier alpha value is -1.48. The van der Waals surface area contributed by atoms with Crippen LogP contribution in [0.5, 0.6) is 0 Å². The molecule has 4 heteroatoms. The maximum absolute atomic E-state index is 6.18. The summed E-state index contributed by atoms with van der Waals surface area (Å²) in [7, 11) is 1.96. The molecule has 1 heterocycles. The van der Waals surface area contributed by atoms with Gasteiger partial charge in [-0.3, -0.25) is 4.68 Å². The number of aromatic nitrogens is 2. The number of hydrogen-bond acceptors (Lipinski definition) is 2. The lowest BCUT2D eigenvalue weighted by Gasteiger charge is -2.15. The van der Waals surface area contributed by atoms with Crippen molar-refractivity contribution >= 4 is 17.3 Å². The van der Waals surface area contributed by atoms with Crippen LogP contribution in [-0.2, 0) is 7.05 Å². The summed E-state index contributed by atoms with van der Waals surface area (Å²) in [5.74, 6) is 0. The zero-order valence-electron chi connectivity index (χ0n) is 12.1. The van der Waals surface area contributed by atoms with E-state index in [1.807, 2.05) is 25.6 Å². The Morgan fingerprint density at radius 3 is 2.21 bits per heavy atom. The second-order valence-corrected chi connectivity index (χ2v) is 5.50. The maximum Gasteiger partial charge on any atom is 0.0846 e. The molecule has 0 aliphatic heterocycles. The third kappa shape index (κ3) is 2.92. The molecule has 1 atom stereocenters. The van der Waals surface area contributed by atoms with E-state index in [1.54, 1.807) is 0 Å². The van der Waals surface area contributed by atoms with Crippen molar-refractivity contribution in [2.75, 3.05) is 5.32 Å². The monoisotopic (exact) mass is 277 g/mol. The molecule has 0 saturated heterocycles. The average molecular weight is 278 g/mol. The maximum atomic E-state index is 6.18. The first-order chi connectivity index (χ1) is 8.88. The number of rotatable bonds is 3. The van der Waals surface area contributed by atoms with Gasteiger partial charge in [-0.05, 0) is 57.0 Å². The summed E-state index contributed by atoms with van der Waals surface area (Å²) in [6.45, 7) is 8.22. The molecule has 1 aromatic heterocycles. The van der Waals surface area contributed by atoms with Gasteiger partial charge in [-0.15, -0.1) is 0 Å². The van der Waals surface area contributed by atoms with E-state index in [0.717, 1.165) is 33.2 Å². The first-order valence-corrected chi connectivity index (χ1v) is 6.80. The van der Waals surface area contributed by atoms with Crippen LogP contribution in [0, 0.1) is 20.8 Å². The summed E-state index contributed by atoms with van der Waals surface area (Å²) < 4.78 is 1.89. The van der Waals surface area contributed by atoms with Crippen molar-refractivity contribution < 1.29 is 0 Å².